The third-order valence-electron chi connectivity index (χ3n) is 4.10. The number of guanidine groups is 1. The summed E-state index contributed by atoms with van der Waals surface area (Å²) in [5.74, 6) is -0.217. The van der Waals surface area contributed by atoms with Crippen molar-refractivity contribution in [1.29, 1.82) is 0 Å². The summed E-state index contributed by atoms with van der Waals surface area (Å²) in [6.07, 6.45) is 2.63. The number of halogens is 2. The van der Waals surface area contributed by atoms with Gasteiger partial charge in [0.25, 0.3) is 0 Å². The fraction of sp³-hybridized carbons (Fsp3) is 0.556. The molecule has 0 saturated carbocycles. The molecule has 2 rings (SSSR count). The number of carbonyl (C=O) groups is 1. The van der Waals surface area contributed by atoms with Gasteiger partial charge in [-0.1, -0.05) is 6.07 Å². The molecule has 1 aliphatic rings. The minimum atomic E-state index is -0.529. The van der Waals surface area contributed by atoms with E-state index in [-0.39, 0.29) is 17.9 Å². The summed E-state index contributed by atoms with van der Waals surface area (Å²) in [4.78, 5) is 17.9. The number of hydrogen-bond donors (Lipinski definition) is 2. The molecule has 0 aromatic heterocycles. The Labute approximate surface area is 147 Å². The molecule has 1 aromatic rings. The van der Waals surface area contributed by atoms with Crippen LogP contribution in [0.25, 0.3) is 0 Å². The first kappa shape index (κ1) is 19.1. The molecule has 0 aliphatic carbocycles. The first-order valence-corrected chi connectivity index (χ1v) is 8.84. The zero-order valence-corrected chi connectivity index (χ0v) is 14.7. The molecule has 5 nitrogen and oxygen atoms in total. The summed E-state index contributed by atoms with van der Waals surface area (Å²) >= 11 is 0. The molecule has 0 unspecified atom stereocenters. The van der Waals surface area contributed by atoms with E-state index in [1.807, 2.05) is 11.8 Å². The van der Waals surface area contributed by atoms with Crippen molar-refractivity contribution in [3.05, 3.63) is 35.4 Å². The highest BCUT2D eigenvalue weighted by atomic mass is 19.1. The Hall–Kier alpha value is -2.18. The van der Waals surface area contributed by atoms with E-state index >= 15 is 0 Å². The molecule has 0 radical (unpaired) electrons. The van der Waals surface area contributed by atoms with Crippen LogP contribution in [0.1, 0.15) is 31.7 Å². The van der Waals surface area contributed by atoms with Crippen molar-refractivity contribution in [2.75, 3.05) is 32.7 Å². The van der Waals surface area contributed by atoms with Crippen molar-refractivity contribution in [2.45, 2.75) is 32.6 Å². The van der Waals surface area contributed by atoms with Crippen molar-refractivity contribution in [2.24, 2.45) is 4.99 Å². The van der Waals surface area contributed by atoms with E-state index in [1.165, 1.54) is 18.2 Å². The number of rotatable bonds is 8. The van der Waals surface area contributed by atoms with Gasteiger partial charge in [0.15, 0.2) is 5.96 Å². The number of likely N-dealkylation sites (tertiary alicyclic amines) is 1. The van der Waals surface area contributed by atoms with Crippen molar-refractivity contribution in [1.82, 2.24) is 15.5 Å². The standard InChI is InChI=1S/C18H26F2N4O/c1-2-21-18(22-10-5-13-24-12-4-8-17(24)25)23-11-9-14-15(19)6-3-7-16(14)20/h3,6-7H,2,4-5,8-13H2,1H3,(H2,21,22,23). The van der Waals surface area contributed by atoms with Gasteiger partial charge in [-0.15, -0.1) is 0 Å². The zero-order chi connectivity index (χ0) is 18.1. The highest BCUT2D eigenvalue weighted by Crippen LogP contribution is 2.12. The summed E-state index contributed by atoms with van der Waals surface area (Å²) in [5, 5.41) is 6.19. The SMILES string of the molecule is CCNC(=NCCCN1CCCC1=O)NCCc1c(F)cccc1F. The first-order chi connectivity index (χ1) is 12.1. The summed E-state index contributed by atoms with van der Waals surface area (Å²) in [6.45, 7) is 5.19. The lowest BCUT2D eigenvalue weighted by atomic mass is 10.1. The van der Waals surface area contributed by atoms with Crippen molar-refractivity contribution in [3.8, 4) is 0 Å². The van der Waals surface area contributed by atoms with Crippen LogP contribution in [0.2, 0.25) is 0 Å². The molecule has 1 aromatic carbocycles. The Bertz CT molecular complexity index is 586. The number of benzene rings is 1. The van der Waals surface area contributed by atoms with Crippen LogP contribution in [0.15, 0.2) is 23.2 Å². The van der Waals surface area contributed by atoms with Crippen molar-refractivity contribution in [3.63, 3.8) is 0 Å². The smallest absolute Gasteiger partial charge is 0.222 e. The minimum Gasteiger partial charge on any atom is -0.357 e. The second-order valence-electron chi connectivity index (χ2n) is 5.98. The van der Waals surface area contributed by atoms with Gasteiger partial charge in [-0.25, -0.2) is 8.78 Å². The van der Waals surface area contributed by atoms with Gasteiger partial charge in [0.2, 0.25) is 5.91 Å². The highest BCUT2D eigenvalue weighted by molar-refractivity contribution is 5.79. The molecule has 0 spiro atoms. The lowest BCUT2D eigenvalue weighted by molar-refractivity contribution is -0.127. The Morgan fingerprint density at radius 2 is 2.04 bits per heavy atom. The van der Waals surface area contributed by atoms with Crippen LogP contribution < -0.4 is 10.6 Å². The molecular formula is C18H26F2N4O. The summed E-state index contributed by atoms with van der Waals surface area (Å²) in [7, 11) is 0. The molecule has 138 valence electrons. The maximum atomic E-state index is 13.6. The maximum Gasteiger partial charge on any atom is 0.222 e. The predicted octanol–water partition coefficient (Wildman–Crippen LogP) is 2.07. The first-order valence-electron chi connectivity index (χ1n) is 8.84. The van der Waals surface area contributed by atoms with E-state index in [0.717, 1.165) is 25.9 Å². The molecule has 1 amide bonds. The van der Waals surface area contributed by atoms with Gasteiger partial charge < -0.3 is 15.5 Å². The Morgan fingerprint density at radius 1 is 1.28 bits per heavy atom. The number of aliphatic imine (C=N–C) groups is 1. The van der Waals surface area contributed by atoms with Crippen LogP contribution in [0.3, 0.4) is 0 Å². The summed E-state index contributed by atoms with van der Waals surface area (Å²) in [5.41, 5.74) is 0.0818. The molecule has 1 saturated heterocycles. The molecule has 0 bridgehead atoms. The number of nitrogens with one attached hydrogen (secondary N) is 2. The van der Waals surface area contributed by atoms with Crippen molar-refractivity contribution >= 4 is 11.9 Å². The van der Waals surface area contributed by atoms with Gasteiger partial charge in [-0.05, 0) is 38.3 Å². The molecule has 0 atom stereocenters. The van der Waals surface area contributed by atoms with Gasteiger partial charge in [0, 0.05) is 44.7 Å². The zero-order valence-electron chi connectivity index (χ0n) is 14.7. The molecule has 7 heteroatoms. The number of nitrogens with zero attached hydrogens (tertiary/aromatic N) is 2. The van der Waals surface area contributed by atoms with E-state index in [9.17, 15) is 13.6 Å². The van der Waals surface area contributed by atoms with Gasteiger partial charge >= 0.3 is 0 Å². The number of hydrogen-bond acceptors (Lipinski definition) is 2. The average Bonchev–Trinajstić information content (AvgIpc) is 2.99. The Kier molecular flexibility index (Phi) is 7.63. The molecule has 1 fully saturated rings. The molecule has 2 N–H and O–H groups in total. The summed E-state index contributed by atoms with van der Waals surface area (Å²) in [6, 6.07) is 3.88. The quantitative estimate of drug-likeness (QED) is 0.428. The summed E-state index contributed by atoms with van der Waals surface area (Å²) < 4.78 is 27.2. The van der Waals surface area contributed by atoms with Crippen LogP contribution >= 0.6 is 0 Å². The van der Waals surface area contributed by atoms with Gasteiger partial charge in [0.05, 0.1) is 0 Å². The van der Waals surface area contributed by atoms with E-state index in [0.29, 0.717) is 32.0 Å². The fourth-order valence-corrected chi connectivity index (χ4v) is 2.81. The van der Waals surface area contributed by atoms with Crippen molar-refractivity contribution < 1.29 is 13.6 Å². The van der Waals surface area contributed by atoms with Gasteiger partial charge in [-0.3, -0.25) is 9.79 Å². The lowest BCUT2D eigenvalue weighted by Gasteiger charge is -2.15. The third-order valence-corrected chi connectivity index (χ3v) is 4.10. The van der Waals surface area contributed by atoms with Crippen LogP contribution in [0.5, 0.6) is 0 Å². The largest absolute Gasteiger partial charge is 0.357 e. The third kappa shape index (κ3) is 5.99. The van der Waals surface area contributed by atoms with Crippen LogP contribution in [0, 0.1) is 11.6 Å². The molecule has 25 heavy (non-hydrogen) atoms. The fourth-order valence-electron chi connectivity index (χ4n) is 2.81. The monoisotopic (exact) mass is 352 g/mol. The Morgan fingerprint density at radius 3 is 2.68 bits per heavy atom. The van der Waals surface area contributed by atoms with Crippen LogP contribution in [0.4, 0.5) is 8.78 Å². The molecule has 1 heterocycles. The predicted molar refractivity (Wildman–Crippen MR) is 94.5 cm³/mol. The Balaban J connectivity index is 1.76. The second kappa shape index (κ2) is 9.96. The van der Waals surface area contributed by atoms with E-state index in [4.69, 9.17) is 0 Å². The lowest BCUT2D eigenvalue weighted by Crippen LogP contribution is -2.38. The number of amides is 1. The van der Waals surface area contributed by atoms with Gasteiger partial charge in [-0.2, -0.15) is 0 Å². The van der Waals surface area contributed by atoms with Gasteiger partial charge in [0.1, 0.15) is 11.6 Å². The maximum absolute atomic E-state index is 13.6. The normalized spacial score (nSPS) is 14.9. The van der Waals surface area contributed by atoms with Crippen LogP contribution in [-0.2, 0) is 11.2 Å². The van der Waals surface area contributed by atoms with E-state index < -0.39 is 11.6 Å². The topological polar surface area (TPSA) is 56.7 Å². The number of carbonyl (C=O) groups excluding carboxylic acids is 1. The molecular weight excluding hydrogens is 326 g/mol. The van der Waals surface area contributed by atoms with E-state index in [1.54, 1.807) is 0 Å². The highest BCUT2D eigenvalue weighted by Gasteiger charge is 2.18. The van der Waals surface area contributed by atoms with E-state index in [2.05, 4.69) is 15.6 Å². The van der Waals surface area contributed by atoms with Crippen LogP contribution in [-0.4, -0.2) is 49.5 Å². The average molecular weight is 352 g/mol. The molecule has 1 aliphatic heterocycles. The second-order valence-corrected chi connectivity index (χ2v) is 5.98. The minimum absolute atomic E-state index is 0.0818.